The molecule has 0 saturated carbocycles. The molecule has 1 unspecified atom stereocenters. The maximum Gasteiger partial charge on any atom is 0.239 e. The summed E-state index contributed by atoms with van der Waals surface area (Å²) in [5.74, 6) is 0.205. The maximum atomic E-state index is 11.8. The molecule has 2 heterocycles. The zero-order valence-electron chi connectivity index (χ0n) is 10.4. The summed E-state index contributed by atoms with van der Waals surface area (Å²) >= 11 is 0. The van der Waals surface area contributed by atoms with Gasteiger partial charge in [-0.3, -0.25) is 4.79 Å². The first-order chi connectivity index (χ1) is 8.74. The third-order valence-corrected chi connectivity index (χ3v) is 3.60. The van der Waals surface area contributed by atoms with Gasteiger partial charge in [0.05, 0.1) is 6.04 Å². The highest BCUT2D eigenvalue weighted by atomic mass is 16.2. The van der Waals surface area contributed by atoms with Crippen LogP contribution in [0, 0.1) is 0 Å². The van der Waals surface area contributed by atoms with Crippen molar-refractivity contribution in [1.29, 1.82) is 0 Å². The molecule has 1 aliphatic heterocycles. The molecule has 4 nitrogen and oxygen atoms in total. The van der Waals surface area contributed by atoms with Crippen molar-refractivity contribution in [2.45, 2.75) is 19.0 Å². The van der Waals surface area contributed by atoms with Gasteiger partial charge < -0.3 is 15.2 Å². The Morgan fingerprint density at radius 3 is 3.11 bits per heavy atom. The minimum Gasteiger partial charge on any atom is -0.361 e. The van der Waals surface area contributed by atoms with Gasteiger partial charge in [0.15, 0.2) is 0 Å². The van der Waals surface area contributed by atoms with Gasteiger partial charge in [-0.15, -0.1) is 0 Å². The van der Waals surface area contributed by atoms with Crippen molar-refractivity contribution in [3.63, 3.8) is 0 Å². The molecule has 1 atom stereocenters. The minimum absolute atomic E-state index is 0.0191. The highest BCUT2D eigenvalue weighted by molar-refractivity contribution is 5.83. The molecule has 1 aliphatic rings. The van der Waals surface area contributed by atoms with Gasteiger partial charge in [0.2, 0.25) is 5.91 Å². The Kier molecular flexibility index (Phi) is 2.80. The molecule has 18 heavy (non-hydrogen) atoms. The van der Waals surface area contributed by atoms with E-state index in [1.807, 2.05) is 13.2 Å². The van der Waals surface area contributed by atoms with E-state index in [1.165, 1.54) is 10.9 Å². The van der Waals surface area contributed by atoms with E-state index in [0.717, 1.165) is 25.0 Å². The van der Waals surface area contributed by atoms with E-state index >= 15 is 0 Å². The van der Waals surface area contributed by atoms with Gasteiger partial charge in [-0.05, 0) is 29.5 Å². The van der Waals surface area contributed by atoms with E-state index < -0.39 is 0 Å². The number of H-pyrrole nitrogens is 1. The zero-order valence-corrected chi connectivity index (χ0v) is 10.4. The van der Waals surface area contributed by atoms with Crippen LogP contribution >= 0.6 is 0 Å². The number of aromatic amines is 1. The Bertz CT molecular complexity index is 575. The van der Waals surface area contributed by atoms with Gasteiger partial charge in [-0.1, -0.05) is 12.1 Å². The lowest BCUT2D eigenvalue weighted by Crippen LogP contribution is -2.36. The molecule has 4 heteroatoms. The quantitative estimate of drug-likeness (QED) is 0.858. The van der Waals surface area contributed by atoms with Gasteiger partial charge in [-0.25, -0.2) is 0 Å². The highest BCUT2D eigenvalue weighted by Crippen LogP contribution is 2.15. The zero-order chi connectivity index (χ0) is 12.5. The lowest BCUT2D eigenvalue weighted by atomic mass is 10.1. The lowest BCUT2D eigenvalue weighted by Gasteiger charge is -2.12. The third-order valence-electron chi connectivity index (χ3n) is 3.60. The second kappa shape index (κ2) is 4.46. The van der Waals surface area contributed by atoms with Crippen molar-refractivity contribution >= 4 is 16.8 Å². The molecule has 0 bridgehead atoms. The van der Waals surface area contributed by atoms with Gasteiger partial charge in [0.1, 0.15) is 0 Å². The molecule has 2 N–H and O–H groups in total. The molecule has 1 amide bonds. The largest absolute Gasteiger partial charge is 0.361 e. The SMILES string of the molecule is CN1CCC(NCc2ccc3cc[nH]c3c2)C1=O. The molecule has 0 aliphatic carbocycles. The Hall–Kier alpha value is -1.81. The topological polar surface area (TPSA) is 48.1 Å². The fraction of sp³-hybridized carbons (Fsp3) is 0.357. The number of amides is 1. The number of nitrogens with one attached hydrogen (secondary N) is 2. The molecule has 1 aromatic heterocycles. The average molecular weight is 243 g/mol. The maximum absolute atomic E-state index is 11.8. The summed E-state index contributed by atoms with van der Waals surface area (Å²) in [7, 11) is 1.86. The lowest BCUT2D eigenvalue weighted by molar-refractivity contribution is -0.128. The number of aromatic nitrogens is 1. The molecule has 94 valence electrons. The molecule has 0 radical (unpaired) electrons. The van der Waals surface area contributed by atoms with Crippen LogP contribution in [0.2, 0.25) is 0 Å². The molecule has 2 aromatic rings. The van der Waals surface area contributed by atoms with Crippen LogP contribution in [0.3, 0.4) is 0 Å². The summed E-state index contributed by atoms with van der Waals surface area (Å²) in [4.78, 5) is 16.7. The third kappa shape index (κ3) is 1.99. The van der Waals surface area contributed by atoms with Crippen molar-refractivity contribution in [2.75, 3.05) is 13.6 Å². The van der Waals surface area contributed by atoms with Crippen LogP contribution < -0.4 is 5.32 Å². The molecule has 3 rings (SSSR count). The second-order valence-corrected chi connectivity index (χ2v) is 4.88. The summed E-state index contributed by atoms with van der Waals surface area (Å²) in [5, 5.41) is 4.55. The summed E-state index contributed by atoms with van der Waals surface area (Å²) < 4.78 is 0. The Balaban J connectivity index is 1.67. The van der Waals surface area contributed by atoms with Crippen molar-refractivity contribution in [3.05, 3.63) is 36.0 Å². The van der Waals surface area contributed by atoms with Crippen LogP contribution in [0.25, 0.3) is 10.9 Å². The van der Waals surface area contributed by atoms with E-state index in [2.05, 4.69) is 34.6 Å². The van der Waals surface area contributed by atoms with Crippen LogP contribution in [-0.4, -0.2) is 35.4 Å². The van der Waals surface area contributed by atoms with E-state index in [0.29, 0.717) is 0 Å². The number of rotatable bonds is 3. The fourth-order valence-corrected chi connectivity index (χ4v) is 2.46. The molecular formula is C14H17N3O. The number of fused-ring (bicyclic) bond motifs is 1. The number of likely N-dealkylation sites (N-methyl/N-ethyl adjacent to an activating group) is 1. The fourth-order valence-electron chi connectivity index (χ4n) is 2.46. The average Bonchev–Trinajstić information content (AvgIpc) is 2.96. The monoisotopic (exact) mass is 243 g/mol. The minimum atomic E-state index is -0.0191. The van der Waals surface area contributed by atoms with Crippen LogP contribution in [-0.2, 0) is 11.3 Å². The van der Waals surface area contributed by atoms with Gasteiger partial charge >= 0.3 is 0 Å². The number of likely N-dealkylation sites (tertiary alicyclic amines) is 1. The van der Waals surface area contributed by atoms with Gasteiger partial charge in [-0.2, -0.15) is 0 Å². The number of hydrogen-bond donors (Lipinski definition) is 2. The Morgan fingerprint density at radius 2 is 2.33 bits per heavy atom. The van der Waals surface area contributed by atoms with E-state index in [9.17, 15) is 4.79 Å². The Morgan fingerprint density at radius 1 is 1.44 bits per heavy atom. The standard InChI is InChI=1S/C14H17N3O/c1-17-7-5-12(14(17)18)16-9-10-2-3-11-4-6-15-13(11)8-10/h2-4,6,8,12,15-16H,5,7,9H2,1H3. The van der Waals surface area contributed by atoms with E-state index in [-0.39, 0.29) is 11.9 Å². The first-order valence-corrected chi connectivity index (χ1v) is 6.28. The first-order valence-electron chi connectivity index (χ1n) is 6.28. The van der Waals surface area contributed by atoms with Crippen LogP contribution in [0.15, 0.2) is 30.5 Å². The summed E-state index contributed by atoms with van der Waals surface area (Å²) in [6, 6.07) is 8.37. The van der Waals surface area contributed by atoms with Gasteiger partial charge in [0.25, 0.3) is 0 Å². The van der Waals surface area contributed by atoms with Crippen molar-refractivity contribution in [1.82, 2.24) is 15.2 Å². The molecular weight excluding hydrogens is 226 g/mol. The highest BCUT2D eigenvalue weighted by Gasteiger charge is 2.28. The molecule has 1 aromatic carbocycles. The Labute approximate surface area is 106 Å². The summed E-state index contributed by atoms with van der Waals surface area (Å²) in [6.45, 7) is 1.59. The molecule has 1 fully saturated rings. The number of benzene rings is 1. The van der Waals surface area contributed by atoms with Crippen molar-refractivity contribution in [3.8, 4) is 0 Å². The predicted molar refractivity (Wildman–Crippen MR) is 71.2 cm³/mol. The molecule has 1 saturated heterocycles. The van der Waals surface area contributed by atoms with Crippen molar-refractivity contribution in [2.24, 2.45) is 0 Å². The number of hydrogen-bond acceptors (Lipinski definition) is 2. The summed E-state index contributed by atoms with van der Waals surface area (Å²) in [6.07, 6.45) is 2.84. The van der Waals surface area contributed by atoms with Crippen molar-refractivity contribution < 1.29 is 4.79 Å². The van der Waals surface area contributed by atoms with Crippen LogP contribution in [0.5, 0.6) is 0 Å². The predicted octanol–water partition coefficient (Wildman–Crippen LogP) is 1.49. The normalized spacial score (nSPS) is 19.9. The second-order valence-electron chi connectivity index (χ2n) is 4.88. The van der Waals surface area contributed by atoms with Gasteiger partial charge in [0, 0.05) is 31.9 Å². The molecule has 0 spiro atoms. The first kappa shape index (κ1) is 11.3. The van der Waals surface area contributed by atoms with Crippen LogP contribution in [0.4, 0.5) is 0 Å². The number of carbonyl (C=O) groups excluding carboxylic acids is 1. The van der Waals surface area contributed by atoms with E-state index in [4.69, 9.17) is 0 Å². The number of nitrogens with zero attached hydrogens (tertiary/aromatic N) is 1. The van der Waals surface area contributed by atoms with E-state index in [1.54, 1.807) is 4.90 Å². The smallest absolute Gasteiger partial charge is 0.239 e. The summed E-state index contributed by atoms with van der Waals surface area (Å²) in [5.41, 5.74) is 2.34. The van der Waals surface area contributed by atoms with Crippen LogP contribution in [0.1, 0.15) is 12.0 Å². The number of carbonyl (C=O) groups is 1.